The fourth-order valence-corrected chi connectivity index (χ4v) is 30.8. The van der Waals surface area contributed by atoms with E-state index in [9.17, 15) is 0 Å². The molecule has 0 radical (unpaired) electrons. The zero-order valence-electron chi connectivity index (χ0n) is 28.0. The van der Waals surface area contributed by atoms with Crippen molar-refractivity contribution in [3.63, 3.8) is 0 Å². The predicted molar refractivity (Wildman–Crippen MR) is 192 cm³/mol. The molecule has 6 rings (SSSR count). The van der Waals surface area contributed by atoms with E-state index < -0.39 is 26.8 Å². The minimum atomic E-state index is -2.20. The van der Waals surface area contributed by atoms with Crippen LogP contribution in [0.3, 0.4) is 0 Å². The second-order valence-corrected chi connectivity index (χ2v) is 34.5. The quantitative estimate of drug-likeness (QED) is 0.155. The van der Waals surface area contributed by atoms with E-state index >= 15 is 0 Å². The molecule has 0 aliphatic heterocycles. The molecule has 0 spiro atoms. The molecule has 2 unspecified atom stereocenters. The number of hydrogen-bond acceptors (Lipinski definition) is 0. The molecule has 0 saturated heterocycles. The molecule has 4 aromatic carbocycles. The summed E-state index contributed by atoms with van der Waals surface area (Å²) in [6, 6.07) is 32.5. The molecule has 2 aliphatic rings. The molecule has 0 N–H and O–H groups in total. The first kappa shape index (κ1) is 31.4. The summed E-state index contributed by atoms with van der Waals surface area (Å²) in [6.07, 6.45) is 7.77. The molecule has 0 amide bonds. The van der Waals surface area contributed by atoms with Gasteiger partial charge in [-0.2, -0.15) is 0 Å². The van der Waals surface area contributed by atoms with Crippen LogP contribution in [-0.2, 0) is 20.9 Å². The first-order chi connectivity index (χ1) is 21.2. The van der Waals surface area contributed by atoms with Crippen LogP contribution in [0.15, 0.2) is 96.1 Å². The molecule has 0 aromatic heterocycles. The van der Waals surface area contributed by atoms with Crippen molar-refractivity contribution in [2.24, 2.45) is 11.8 Å². The molecule has 44 heavy (non-hydrogen) atoms. The number of rotatable bonds is 9. The van der Waals surface area contributed by atoms with E-state index in [2.05, 4.69) is 152 Å². The average molecular weight is 673 g/mol. The summed E-state index contributed by atoms with van der Waals surface area (Å²) in [6.45, 7) is 19.6. The van der Waals surface area contributed by atoms with Crippen LogP contribution in [0.4, 0.5) is 0 Å². The van der Waals surface area contributed by atoms with Gasteiger partial charge in [0.25, 0.3) is 0 Å². The number of hydrogen-bond donors (Lipinski definition) is 0. The van der Waals surface area contributed by atoms with Crippen LogP contribution in [0, 0.1) is 25.7 Å². The molecule has 0 saturated carbocycles. The van der Waals surface area contributed by atoms with Crippen LogP contribution in [0.1, 0.15) is 81.2 Å². The fourth-order valence-electron chi connectivity index (χ4n) is 8.07. The summed E-state index contributed by atoms with van der Waals surface area (Å²) in [5.41, 5.74) is 18.3. The van der Waals surface area contributed by atoms with Crippen molar-refractivity contribution in [1.82, 2.24) is 0 Å². The van der Waals surface area contributed by atoms with Gasteiger partial charge in [0.2, 0.25) is 0 Å². The summed E-state index contributed by atoms with van der Waals surface area (Å²) >= 11 is -2.20. The fraction of sp³-hybridized carbons (Fsp3) is 0.333. The van der Waals surface area contributed by atoms with Gasteiger partial charge in [0.15, 0.2) is 0 Å². The Labute approximate surface area is 275 Å². The van der Waals surface area contributed by atoms with Crippen LogP contribution in [0.25, 0.3) is 34.4 Å². The van der Waals surface area contributed by atoms with Gasteiger partial charge in [0.05, 0.1) is 0 Å². The number of allylic oxidation sites excluding steroid dienone is 2. The van der Waals surface area contributed by atoms with E-state index in [1.54, 1.807) is 22.3 Å². The first-order valence-electron chi connectivity index (χ1n) is 16.8. The molecule has 225 valence electrons. The Morgan fingerprint density at radius 3 is 1.30 bits per heavy atom. The zero-order chi connectivity index (χ0) is 31.1. The third kappa shape index (κ3) is 5.90. The van der Waals surface area contributed by atoms with E-state index in [1.807, 2.05) is 0 Å². The normalized spacial score (nSPS) is 17.2. The Morgan fingerprint density at radius 2 is 0.932 bits per heavy atom. The SMILES string of the molecule is Cc1ccccc1-c1cccc2c1C=C(CC(C)C)[CH]2[Zr]([CH]1C(CC(C)C)=Cc2c(-c3ccccc3C)cccc21)[SiH](C)C. The van der Waals surface area contributed by atoms with Crippen molar-refractivity contribution in [1.29, 1.82) is 0 Å². The summed E-state index contributed by atoms with van der Waals surface area (Å²) in [5.74, 6) is 0.359. The van der Waals surface area contributed by atoms with Crippen molar-refractivity contribution >= 4 is 18.1 Å². The van der Waals surface area contributed by atoms with Gasteiger partial charge < -0.3 is 0 Å². The van der Waals surface area contributed by atoms with Gasteiger partial charge in [-0.25, -0.2) is 0 Å². The zero-order valence-corrected chi connectivity index (χ0v) is 31.7. The van der Waals surface area contributed by atoms with Crippen LogP contribution >= 0.6 is 0 Å². The predicted octanol–water partition coefficient (Wildman–Crippen LogP) is 11.9. The van der Waals surface area contributed by atoms with Crippen LogP contribution in [0.5, 0.6) is 0 Å². The monoisotopic (exact) mass is 671 g/mol. The van der Waals surface area contributed by atoms with Crippen molar-refractivity contribution < 1.29 is 20.9 Å². The van der Waals surface area contributed by atoms with E-state index in [0.29, 0.717) is 19.1 Å². The second-order valence-electron chi connectivity index (χ2n) is 14.4. The maximum atomic E-state index is 2.71. The van der Waals surface area contributed by atoms with Crippen molar-refractivity contribution in [2.75, 3.05) is 0 Å². The summed E-state index contributed by atoms with van der Waals surface area (Å²) < 4.78 is 1.33. The molecule has 0 fully saturated rings. The third-order valence-corrected chi connectivity index (χ3v) is 31.5. The van der Waals surface area contributed by atoms with Gasteiger partial charge in [-0.3, -0.25) is 0 Å². The van der Waals surface area contributed by atoms with Crippen LogP contribution in [-0.4, -0.2) is 5.92 Å². The Balaban J connectivity index is 1.55. The van der Waals surface area contributed by atoms with E-state index in [4.69, 9.17) is 0 Å². The molecular formula is C42H49SiZr. The number of benzene rings is 4. The Hall–Kier alpha value is -2.54. The van der Waals surface area contributed by atoms with Gasteiger partial charge in [-0.15, -0.1) is 0 Å². The number of fused-ring (bicyclic) bond motifs is 2. The van der Waals surface area contributed by atoms with Crippen molar-refractivity contribution in [3.05, 3.63) is 129 Å². The van der Waals surface area contributed by atoms with Crippen LogP contribution < -0.4 is 0 Å². The molecule has 0 nitrogen and oxygen atoms in total. The van der Waals surface area contributed by atoms with E-state index in [1.165, 1.54) is 57.3 Å². The molecule has 0 bridgehead atoms. The Bertz CT molecular complexity index is 1610. The molecular weight excluding hydrogens is 624 g/mol. The molecule has 2 heteroatoms. The maximum absolute atomic E-state index is 2.71. The van der Waals surface area contributed by atoms with Gasteiger partial charge >= 0.3 is 277 Å². The summed E-state index contributed by atoms with van der Waals surface area (Å²) in [4.78, 5) is 0. The topological polar surface area (TPSA) is 0 Å². The molecule has 2 atom stereocenters. The summed E-state index contributed by atoms with van der Waals surface area (Å²) in [5, 5.41) is 0. The van der Waals surface area contributed by atoms with Gasteiger partial charge in [-0.1, -0.05) is 0 Å². The molecule has 4 aromatic rings. The van der Waals surface area contributed by atoms with Gasteiger partial charge in [-0.05, 0) is 0 Å². The minimum absolute atomic E-state index is 0.660. The Kier molecular flexibility index (Phi) is 9.33. The third-order valence-electron chi connectivity index (χ3n) is 9.79. The van der Waals surface area contributed by atoms with Crippen molar-refractivity contribution in [3.8, 4) is 22.3 Å². The standard InChI is InChI=1S/2C20H21.C2H7Si.Zr/c2*1-14(2)11-16-12-17-8-6-10-19(20(17)13-16)18-9-5-4-7-15(18)3;1-3-2;/h2*4-10,12-14H,11H2,1-3H3;3H,1-2H3;. The van der Waals surface area contributed by atoms with Crippen LogP contribution in [0.2, 0.25) is 13.1 Å². The van der Waals surface area contributed by atoms with Gasteiger partial charge in [0.1, 0.15) is 0 Å². The second kappa shape index (κ2) is 13.1. The Morgan fingerprint density at radius 1 is 0.545 bits per heavy atom. The molecule has 0 heterocycles. The van der Waals surface area contributed by atoms with E-state index in [-0.39, 0.29) is 0 Å². The number of aryl methyl sites for hydroxylation is 2. The van der Waals surface area contributed by atoms with Gasteiger partial charge in [0, 0.05) is 0 Å². The van der Waals surface area contributed by atoms with E-state index in [0.717, 1.165) is 0 Å². The summed E-state index contributed by atoms with van der Waals surface area (Å²) in [7, 11) is 0. The van der Waals surface area contributed by atoms with Crippen molar-refractivity contribution in [2.45, 2.75) is 74.7 Å². The average Bonchev–Trinajstić information content (AvgIpc) is 3.51. The first-order valence-corrected chi connectivity index (χ1v) is 26.8. The molecule has 2 aliphatic carbocycles.